The molecule has 106 valence electrons. The number of hydrogen-bond acceptors (Lipinski definition) is 5. The number of benzene rings is 1. The van der Waals surface area contributed by atoms with E-state index in [0.717, 1.165) is 16.6 Å². The van der Waals surface area contributed by atoms with Crippen molar-refractivity contribution in [2.75, 3.05) is 5.32 Å². The van der Waals surface area contributed by atoms with Crippen LogP contribution in [0.1, 0.15) is 13.3 Å². The van der Waals surface area contributed by atoms with Crippen molar-refractivity contribution in [2.24, 2.45) is 0 Å². The number of ether oxygens (including phenoxy) is 1. The summed E-state index contributed by atoms with van der Waals surface area (Å²) in [6.07, 6.45) is -0.191. The number of nitrogens with zero attached hydrogens (tertiary/aromatic N) is 1. The second-order valence-corrected chi connectivity index (χ2v) is 5.16. The number of anilines is 1. The molecule has 0 amide bonds. The highest BCUT2D eigenvalue weighted by molar-refractivity contribution is 5.90. The average molecular weight is 274 g/mol. The molecule has 1 aromatic carbocycles. The van der Waals surface area contributed by atoms with E-state index >= 15 is 0 Å². The van der Waals surface area contributed by atoms with Gasteiger partial charge in [0.25, 0.3) is 0 Å². The van der Waals surface area contributed by atoms with Gasteiger partial charge in [-0.1, -0.05) is 18.2 Å². The van der Waals surface area contributed by atoms with Crippen LogP contribution in [0.25, 0.3) is 10.9 Å². The van der Waals surface area contributed by atoms with Gasteiger partial charge in [-0.15, -0.1) is 0 Å². The topological polar surface area (TPSA) is 74.6 Å². The summed E-state index contributed by atoms with van der Waals surface area (Å²) >= 11 is 0. The Balaban J connectivity index is 1.86. The first-order chi connectivity index (χ1) is 9.65. The van der Waals surface area contributed by atoms with Crippen LogP contribution in [0.15, 0.2) is 36.5 Å². The predicted molar refractivity (Wildman–Crippen MR) is 76.3 cm³/mol. The Morgan fingerprint density at radius 1 is 1.20 bits per heavy atom. The summed E-state index contributed by atoms with van der Waals surface area (Å²) in [6.45, 7) is 1.80. The number of para-hydroxylation sites is 1. The third-order valence-corrected chi connectivity index (χ3v) is 3.67. The maximum Gasteiger partial charge on any atom is 0.154 e. The second kappa shape index (κ2) is 5.36. The van der Waals surface area contributed by atoms with Crippen molar-refractivity contribution in [1.29, 1.82) is 0 Å². The molecule has 5 heteroatoms. The number of rotatable bonds is 2. The Bertz CT molecular complexity index is 599. The Kier molecular flexibility index (Phi) is 3.56. The van der Waals surface area contributed by atoms with Gasteiger partial charge in [-0.25, -0.2) is 0 Å². The monoisotopic (exact) mass is 274 g/mol. The fourth-order valence-electron chi connectivity index (χ4n) is 2.48. The van der Waals surface area contributed by atoms with Crippen molar-refractivity contribution in [3.8, 4) is 0 Å². The molecule has 2 heterocycles. The number of nitrogens with one attached hydrogen (secondary N) is 1. The molecule has 1 unspecified atom stereocenters. The molecule has 0 spiro atoms. The van der Waals surface area contributed by atoms with E-state index in [1.165, 1.54) is 0 Å². The molecule has 0 bridgehead atoms. The van der Waals surface area contributed by atoms with Gasteiger partial charge in [0.1, 0.15) is 6.10 Å². The maximum atomic E-state index is 10.0. The average Bonchev–Trinajstić information content (AvgIpc) is 2.45. The van der Waals surface area contributed by atoms with E-state index in [1.54, 1.807) is 13.1 Å². The Hall–Kier alpha value is -1.69. The smallest absolute Gasteiger partial charge is 0.154 e. The number of fused-ring (bicyclic) bond motifs is 1. The van der Waals surface area contributed by atoms with E-state index in [1.807, 2.05) is 30.3 Å². The van der Waals surface area contributed by atoms with Crippen LogP contribution in [-0.4, -0.2) is 39.7 Å². The zero-order chi connectivity index (χ0) is 14.1. The SMILES string of the molecule is C[C@H]1OC(Nc2cccc3cccnc23)[C@H](O)C[C@@H]1O. The lowest BCUT2D eigenvalue weighted by atomic mass is 10.0. The van der Waals surface area contributed by atoms with Crippen LogP contribution >= 0.6 is 0 Å². The normalized spacial score (nSPS) is 30.4. The fraction of sp³-hybridized carbons (Fsp3) is 0.400. The van der Waals surface area contributed by atoms with Crippen LogP contribution < -0.4 is 5.32 Å². The van der Waals surface area contributed by atoms with E-state index in [-0.39, 0.29) is 6.10 Å². The van der Waals surface area contributed by atoms with Gasteiger partial charge in [-0.2, -0.15) is 0 Å². The van der Waals surface area contributed by atoms with Gasteiger partial charge < -0.3 is 20.3 Å². The summed E-state index contributed by atoms with van der Waals surface area (Å²) in [5.74, 6) is 0. The summed E-state index contributed by atoms with van der Waals surface area (Å²) in [4.78, 5) is 4.36. The lowest BCUT2D eigenvalue weighted by Crippen LogP contribution is -2.49. The van der Waals surface area contributed by atoms with Crippen molar-refractivity contribution < 1.29 is 14.9 Å². The molecular weight excluding hydrogens is 256 g/mol. The summed E-state index contributed by atoms with van der Waals surface area (Å²) in [6, 6.07) is 9.69. The van der Waals surface area contributed by atoms with Crippen molar-refractivity contribution in [2.45, 2.75) is 37.9 Å². The largest absolute Gasteiger partial charge is 0.390 e. The van der Waals surface area contributed by atoms with Crippen LogP contribution in [0.5, 0.6) is 0 Å². The highest BCUT2D eigenvalue weighted by Crippen LogP contribution is 2.25. The molecule has 0 radical (unpaired) electrons. The molecule has 3 N–H and O–H groups in total. The molecule has 20 heavy (non-hydrogen) atoms. The molecule has 4 atom stereocenters. The standard InChI is InChI=1S/C15H18N2O3/c1-9-12(18)8-13(19)15(20-9)17-11-6-2-4-10-5-3-7-16-14(10)11/h2-7,9,12-13,15,17-19H,8H2,1H3/t9-,12+,13-,15?/m1/s1. The molecule has 2 aromatic rings. The Labute approximate surface area is 117 Å². The van der Waals surface area contributed by atoms with E-state index in [4.69, 9.17) is 4.74 Å². The number of aliphatic hydroxyl groups is 2. The highest BCUT2D eigenvalue weighted by Gasteiger charge is 2.34. The quantitative estimate of drug-likeness (QED) is 0.774. The summed E-state index contributed by atoms with van der Waals surface area (Å²) in [7, 11) is 0. The van der Waals surface area contributed by atoms with Gasteiger partial charge in [0, 0.05) is 18.0 Å². The maximum absolute atomic E-state index is 10.0. The lowest BCUT2D eigenvalue weighted by Gasteiger charge is -2.36. The Morgan fingerprint density at radius 3 is 2.85 bits per heavy atom. The van der Waals surface area contributed by atoms with Gasteiger partial charge in [-0.05, 0) is 19.1 Å². The molecule has 5 nitrogen and oxygen atoms in total. The van der Waals surface area contributed by atoms with E-state index < -0.39 is 18.4 Å². The number of hydrogen-bond donors (Lipinski definition) is 3. The molecular formula is C15H18N2O3. The fourth-order valence-corrected chi connectivity index (χ4v) is 2.48. The van der Waals surface area contributed by atoms with Crippen molar-refractivity contribution in [3.05, 3.63) is 36.5 Å². The number of aromatic nitrogens is 1. The van der Waals surface area contributed by atoms with Crippen LogP contribution in [0, 0.1) is 0 Å². The minimum atomic E-state index is -0.750. The molecule has 1 aromatic heterocycles. The minimum absolute atomic E-state index is 0.303. The molecule has 1 aliphatic heterocycles. The molecule has 1 fully saturated rings. The second-order valence-electron chi connectivity index (χ2n) is 5.16. The number of pyridine rings is 1. The molecule has 0 aliphatic carbocycles. The molecule has 3 rings (SSSR count). The molecule has 1 saturated heterocycles. The zero-order valence-electron chi connectivity index (χ0n) is 11.2. The number of aliphatic hydroxyl groups excluding tert-OH is 2. The van der Waals surface area contributed by atoms with Gasteiger partial charge in [0.15, 0.2) is 6.23 Å². The van der Waals surface area contributed by atoms with Crippen LogP contribution in [-0.2, 0) is 4.74 Å². The molecule has 1 aliphatic rings. The van der Waals surface area contributed by atoms with Gasteiger partial charge in [0.2, 0.25) is 0 Å². The molecule has 0 saturated carbocycles. The van der Waals surface area contributed by atoms with Crippen molar-refractivity contribution in [1.82, 2.24) is 4.98 Å². The summed E-state index contributed by atoms with van der Waals surface area (Å²) in [5, 5.41) is 23.9. The third kappa shape index (κ3) is 2.47. The van der Waals surface area contributed by atoms with Gasteiger partial charge in [-0.3, -0.25) is 4.98 Å². The summed E-state index contributed by atoms with van der Waals surface area (Å²) in [5.41, 5.74) is 1.65. The Morgan fingerprint density at radius 2 is 2.00 bits per heavy atom. The van der Waals surface area contributed by atoms with Gasteiger partial charge >= 0.3 is 0 Å². The first-order valence-corrected chi connectivity index (χ1v) is 6.77. The highest BCUT2D eigenvalue weighted by atomic mass is 16.5. The summed E-state index contributed by atoms with van der Waals surface area (Å²) < 4.78 is 5.62. The van der Waals surface area contributed by atoms with E-state index in [2.05, 4.69) is 10.3 Å². The third-order valence-electron chi connectivity index (χ3n) is 3.67. The van der Waals surface area contributed by atoms with Crippen LogP contribution in [0.2, 0.25) is 0 Å². The predicted octanol–water partition coefficient (Wildman–Crippen LogP) is 1.50. The first kappa shape index (κ1) is 13.3. The van der Waals surface area contributed by atoms with E-state index in [9.17, 15) is 10.2 Å². The van der Waals surface area contributed by atoms with Crippen molar-refractivity contribution in [3.63, 3.8) is 0 Å². The lowest BCUT2D eigenvalue weighted by molar-refractivity contribution is -0.151. The minimum Gasteiger partial charge on any atom is -0.390 e. The zero-order valence-corrected chi connectivity index (χ0v) is 11.2. The van der Waals surface area contributed by atoms with E-state index in [0.29, 0.717) is 6.42 Å². The van der Waals surface area contributed by atoms with Gasteiger partial charge in [0.05, 0.1) is 23.4 Å². The van der Waals surface area contributed by atoms with Crippen LogP contribution in [0.3, 0.4) is 0 Å². The van der Waals surface area contributed by atoms with Crippen LogP contribution in [0.4, 0.5) is 5.69 Å². The first-order valence-electron chi connectivity index (χ1n) is 6.77. The van der Waals surface area contributed by atoms with Crippen molar-refractivity contribution >= 4 is 16.6 Å².